The largest absolute Gasteiger partial charge is 0.416 e. The molecule has 1 aromatic heterocycles. The molecule has 0 saturated heterocycles. The van der Waals surface area contributed by atoms with Gasteiger partial charge in [-0.1, -0.05) is 11.6 Å². The molecule has 2 rings (SSSR count). The molecule has 2 N–H and O–H groups in total. The number of hydrogen-bond donors (Lipinski definition) is 1. The number of hydrogen-bond acceptors (Lipinski definition) is 4. The van der Waals surface area contributed by atoms with Gasteiger partial charge in [-0.25, -0.2) is 25.3 Å². The SMILES string of the molecule is C=NC(=N\N(C)N)/N=C(\c1cc(F)cc(C(F)(F)F)c1)c1ccc(Cl)cn1. The molecule has 142 valence electrons. The van der Waals surface area contributed by atoms with Crippen LogP contribution in [-0.4, -0.2) is 35.5 Å². The van der Waals surface area contributed by atoms with E-state index in [1.807, 2.05) is 0 Å². The molecule has 0 aliphatic rings. The molecular weight excluding hydrogens is 388 g/mol. The van der Waals surface area contributed by atoms with E-state index in [0.717, 1.165) is 17.3 Å². The van der Waals surface area contributed by atoms with Gasteiger partial charge in [0.25, 0.3) is 5.96 Å². The van der Waals surface area contributed by atoms with Crippen LogP contribution in [0, 0.1) is 5.82 Å². The first-order valence-corrected chi connectivity index (χ1v) is 7.60. The molecule has 2 aromatic rings. The highest BCUT2D eigenvalue weighted by Gasteiger charge is 2.32. The third-order valence-electron chi connectivity index (χ3n) is 3.07. The van der Waals surface area contributed by atoms with Gasteiger partial charge in [-0.3, -0.25) is 4.98 Å². The lowest BCUT2D eigenvalue weighted by molar-refractivity contribution is -0.137. The van der Waals surface area contributed by atoms with Crippen LogP contribution in [0.2, 0.25) is 5.02 Å². The first-order valence-electron chi connectivity index (χ1n) is 7.22. The van der Waals surface area contributed by atoms with Gasteiger partial charge in [0, 0.05) is 18.8 Å². The molecule has 6 nitrogen and oxygen atoms in total. The van der Waals surface area contributed by atoms with Gasteiger partial charge in [0.15, 0.2) is 0 Å². The van der Waals surface area contributed by atoms with Gasteiger partial charge in [0.05, 0.1) is 16.3 Å². The topological polar surface area (TPSA) is 79.2 Å². The summed E-state index contributed by atoms with van der Waals surface area (Å²) >= 11 is 5.79. The lowest BCUT2D eigenvalue weighted by Crippen LogP contribution is -2.21. The Kier molecular flexibility index (Phi) is 6.24. The van der Waals surface area contributed by atoms with Crippen LogP contribution in [0.25, 0.3) is 0 Å². The zero-order chi connectivity index (χ0) is 20.2. The lowest BCUT2D eigenvalue weighted by Gasteiger charge is -2.12. The number of hydrazone groups is 1. The number of alkyl halides is 3. The Morgan fingerprint density at radius 3 is 2.48 bits per heavy atom. The number of hydrazine groups is 1. The van der Waals surface area contributed by atoms with Crippen LogP contribution < -0.4 is 5.84 Å². The minimum atomic E-state index is -4.75. The molecule has 0 radical (unpaired) electrons. The van der Waals surface area contributed by atoms with Crippen molar-refractivity contribution in [2.24, 2.45) is 20.9 Å². The quantitative estimate of drug-likeness (QED) is 0.281. The van der Waals surface area contributed by atoms with Crippen molar-refractivity contribution in [3.63, 3.8) is 0 Å². The number of aliphatic imine (C=N–C) groups is 2. The first kappa shape index (κ1) is 20.5. The highest BCUT2D eigenvalue weighted by Crippen LogP contribution is 2.31. The van der Waals surface area contributed by atoms with E-state index in [2.05, 4.69) is 26.8 Å². The van der Waals surface area contributed by atoms with E-state index in [1.54, 1.807) is 0 Å². The Labute approximate surface area is 156 Å². The van der Waals surface area contributed by atoms with Gasteiger partial charge in [0.1, 0.15) is 11.5 Å². The van der Waals surface area contributed by atoms with E-state index in [9.17, 15) is 17.6 Å². The molecule has 1 aromatic carbocycles. The molecule has 0 aliphatic heterocycles. The van der Waals surface area contributed by atoms with E-state index in [0.29, 0.717) is 11.1 Å². The monoisotopic (exact) mass is 400 g/mol. The maximum absolute atomic E-state index is 13.8. The predicted octanol–water partition coefficient (Wildman–Crippen LogP) is 3.51. The number of nitrogens with two attached hydrogens (primary N) is 1. The Bertz CT molecular complexity index is 891. The number of halogens is 5. The van der Waals surface area contributed by atoms with E-state index in [4.69, 9.17) is 17.4 Å². The summed E-state index contributed by atoms with van der Waals surface area (Å²) in [6, 6.07) is 4.87. The molecule has 0 amide bonds. The summed E-state index contributed by atoms with van der Waals surface area (Å²) in [7, 11) is 1.38. The van der Waals surface area contributed by atoms with Crippen molar-refractivity contribution in [3.05, 3.63) is 64.2 Å². The van der Waals surface area contributed by atoms with Gasteiger partial charge in [-0.05, 0) is 37.0 Å². The fourth-order valence-electron chi connectivity index (χ4n) is 2.01. The average Bonchev–Trinajstić information content (AvgIpc) is 2.58. The smallest absolute Gasteiger partial charge is 0.253 e. The van der Waals surface area contributed by atoms with Crippen LogP contribution in [0.1, 0.15) is 16.8 Å². The number of pyridine rings is 1. The van der Waals surface area contributed by atoms with Crippen LogP contribution in [0.4, 0.5) is 17.6 Å². The third kappa shape index (κ3) is 5.56. The van der Waals surface area contributed by atoms with Gasteiger partial charge >= 0.3 is 6.18 Å². The van der Waals surface area contributed by atoms with Crippen molar-refractivity contribution < 1.29 is 17.6 Å². The van der Waals surface area contributed by atoms with Crippen LogP contribution in [0.3, 0.4) is 0 Å². The first-order chi connectivity index (χ1) is 12.6. The van der Waals surface area contributed by atoms with Crippen molar-refractivity contribution in [1.29, 1.82) is 0 Å². The van der Waals surface area contributed by atoms with E-state index in [1.165, 1.54) is 25.4 Å². The standard InChI is InChI=1S/C16H13ClF4N6/c1-23-15(26-27(2)22)25-14(13-4-3-11(17)8-24-13)9-5-10(16(19,20)21)7-12(18)6-9/h3-8H,1,22H2,2H3/b25-14+,26-15+. The molecule has 0 fully saturated rings. The zero-order valence-electron chi connectivity index (χ0n) is 13.9. The fraction of sp³-hybridized carbons (Fsp3) is 0.125. The Balaban J connectivity index is 2.72. The number of nitrogens with zero attached hydrogens (tertiary/aromatic N) is 5. The summed E-state index contributed by atoms with van der Waals surface area (Å²) in [5.74, 6) is 4.04. The molecule has 0 saturated carbocycles. The van der Waals surface area contributed by atoms with Crippen LogP contribution >= 0.6 is 11.6 Å². The Hall–Kier alpha value is -2.85. The predicted molar refractivity (Wildman–Crippen MR) is 95.2 cm³/mol. The maximum atomic E-state index is 13.8. The maximum Gasteiger partial charge on any atom is 0.416 e. The van der Waals surface area contributed by atoms with Crippen molar-refractivity contribution in [3.8, 4) is 0 Å². The van der Waals surface area contributed by atoms with Crippen LogP contribution in [0.5, 0.6) is 0 Å². The lowest BCUT2D eigenvalue weighted by atomic mass is 10.0. The number of guanidine groups is 1. The molecule has 1 heterocycles. The molecule has 11 heteroatoms. The van der Waals surface area contributed by atoms with E-state index < -0.39 is 17.6 Å². The summed E-state index contributed by atoms with van der Waals surface area (Å²) in [6.07, 6.45) is -3.48. The van der Waals surface area contributed by atoms with Gasteiger partial charge in [0.2, 0.25) is 0 Å². The van der Waals surface area contributed by atoms with E-state index in [-0.39, 0.29) is 22.9 Å². The van der Waals surface area contributed by atoms with Gasteiger partial charge in [-0.15, -0.1) is 5.10 Å². The Morgan fingerprint density at radius 1 is 1.26 bits per heavy atom. The molecule has 27 heavy (non-hydrogen) atoms. The minimum Gasteiger partial charge on any atom is -0.253 e. The molecule has 0 unspecified atom stereocenters. The van der Waals surface area contributed by atoms with Crippen molar-refractivity contribution >= 4 is 30.0 Å². The summed E-state index contributed by atoms with van der Waals surface area (Å²) in [5, 5.41) is 4.92. The third-order valence-corrected chi connectivity index (χ3v) is 3.29. The minimum absolute atomic E-state index is 0.120. The molecule has 0 aliphatic carbocycles. The normalized spacial score (nSPS) is 12.9. The van der Waals surface area contributed by atoms with Crippen molar-refractivity contribution in [2.45, 2.75) is 6.18 Å². The van der Waals surface area contributed by atoms with Crippen molar-refractivity contribution in [2.75, 3.05) is 7.05 Å². The molecular formula is C16H13ClF4N6. The summed E-state index contributed by atoms with van der Waals surface area (Å²) in [4.78, 5) is 11.6. The van der Waals surface area contributed by atoms with Crippen molar-refractivity contribution in [1.82, 2.24) is 10.1 Å². The zero-order valence-corrected chi connectivity index (χ0v) is 14.6. The van der Waals surface area contributed by atoms with Crippen LogP contribution in [-0.2, 0) is 6.18 Å². The fourth-order valence-corrected chi connectivity index (χ4v) is 2.12. The van der Waals surface area contributed by atoms with Gasteiger partial charge < -0.3 is 0 Å². The molecule has 0 spiro atoms. The van der Waals surface area contributed by atoms with Gasteiger partial charge in [-0.2, -0.15) is 13.2 Å². The number of aromatic nitrogens is 1. The summed E-state index contributed by atoms with van der Waals surface area (Å²) in [6.45, 7) is 3.28. The van der Waals surface area contributed by atoms with Crippen LogP contribution in [0.15, 0.2) is 51.6 Å². The number of benzene rings is 1. The summed E-state index contributed by atoms with van der Waals surface area (Å²) in [5.41, 5.74) is -1.37. The number of rotatable bonds is 3. The highest BCUT2D eigenvalue weighted by molar-refractivity contribution is 6.30. The average molecular weight is 401 g/mol. The second-order valence-corrected chi connectivity index (χ2v) is 5.62. The Morgan fingerprint density at radius 2 is 1.96 bits per heavy atom. The molecule has 0 bridgehead atoms. The second kappa shape index (κ2) is 8.23. The second-order valence-electron chi connectivity index (χ2n) is 5.18. The molecule has 0 atom stereocenters. The van der Waals surface area contributed by atoms with E-state index >= 15 is 0 Å². The highest BCUT2D eigenvalue weighted by atomic mass is 35.5. The summed E-state index contributed by atoms with van der Waals surface area (Å²) < 4.78 is 53.0.